The van der Waals surface area contributed by atoms with Crippen LogP contribution >= 0.6 is 11.5 Å². The molecule has 0 aliphatic heterocycles. The van der Waals surface area contributed by atoms with Gasteiger partial charge in [-0.15, -0.1) is 0 Å². The summed E-state index contributed by atoms with van der Waals surface area (Å²) in [5.41, 5.74) is 2.85. The standard InChI is InChI=1S/C22H30F3N7OS/c1-6-15(8-26-5)17-9-27-20-19(28-14(2)10-32(17)20)29-18-7-16(30-34-18)11-31(12-22(23,24)25)21(3,4)13-33/h7-10,26,33H,6,11-13H2,1-5H3,(H,28,29)/b15-8+. The molecule has 186 valence electrons. The highest BCUT2D eigenvalue weighted by Gasteiger charge is 2.37. The van der Waals surface area contributed by atoms with Gasteiger partial charge in [0.25, 0.3) is 0 Å². The molecular weight excluding hydrogens is 467 g/mol. The third kappa shape index (κ3) is 6.05. The second-order valence-electron chi connectivity index (χ2n) is 8.63. The molecule has 0 radical (unpaired) electrons. The van der Waals surface area contributed by atoms with Crippen molar-refractivity contribution in [2.24, 2.45) is 0 Å². The van der Waals surface area contributed by atoms with Gasteiger partial charge in [-0.25, -0.2) is 9.97 Å². The summed E-state index contributed by atoms with van der Waals surface area (Å²) >= 11 is 1.13. The van der Waals surface area contributed by atoms with Gasteiger partial charge in [0.1, 0.15) is 5.00 Å². The molecule has 0 aliphatic rings. The van der Waals surface area contributed by atoms with Gasteiger partial charge in [-0.05, 0) is 50.4 Å². The second-order valence-corrected chi connectivity index (χ2v) is 9.43. The quantitative estimate of drug-likeness (QED) is 0.384. The molecule has 3 rings (SSSR count). The second kappa shape index (κ2) is 10.3. The number of nitrogens with zero attached hydrogens (tertiary/aromatic N) is 5. The smallest absolute Gasteiger partial charge is 0.394 e. The summed E-state index contributed by atoms with van der Waals surface area (Å²) in [4.78, 5) is 10.3. The van der Waals surface area contributed by atoms with Crippen LogP contribution in [-0.4, -0.2) is 60.7 Å². The fourth-order valence-corrected chi connectivity index (χ4v) is 4.18. The highest BCUT2D eigenvalue weighted by molar-refractivity contribution is 7.10. The van der Waals surface area contributed by atoms with Crippen molar-refractivity contribution in [3.63, 3.8) is 0 Å². The van der Waals surface area contributed by atoms with Crippen LogP contribution < -0.4 is 10.6 Å². The number of rotatable bonds is 10. The van der Waals surface area contributed by atoms with Crippen LogP contribution in [0.4, 0.5) is 24.0 Å². The summed E-state index contributed by atoms with van der Waals surface area (Å²) in [7, 11) is 1.84. The zero-order valence-electron chi connectivity index (χ0n) is 19.9. The molecular formula is C22H30F3N7OS. The molecule has 34 heavy (non-hydrogen) atoms. The van der Waals surface area contributed by atoms with Crippen molar-refractivity contribution < 1.29 is 18.3 Å². The van der Waals surface area contributed by atoms with Gasteiger partial charge in [-0.1, -0.05) is 6.92 Å². The number of aromatic nitrogens is 4. The topological polar surface area (TPSA) is 90.6 Å². The number of aliphatic hydroxyl groups is 1. The van der Waals surface area contributed by atoms with Gasteiger partial charge in [0.15, 0.2) is 11.5 Å². The Morgan fingerprint density at radius 3 is 2.68 bits per heavy atom. The first-order valence-corrected chi connectivity index (χ1v) is 11.6. The Hall–Kier alpha value is -2.70. The van der Waals surface area contributed by atoms with Crippen molar-refractivity contribution in [1.29, 1.82) is 0 Å². The molecule has 0 aliphatic carbocycles. The number of hydrogen-bond donors (Lipinski definition) is 3. The molecule has 3 aromatic heterocycles. The third-order valence-electron chi connectivity index (χ3n) is 5.41. The molecule has 0 unspecified atom stereocenters. The fourth-order valence-electron chi connectivity index (χ4n) is 3.52. The van der Waals surface area contributed by atoms with Gasteiger partial charge in [0.2, 0.25) is 0 Å². The average molecular weight is 498 g/mol. The highest BCUT2D eigenvalue weighted by atomic mass is 32.1. The Balaban J connectivity index is 1.88. The average Bonchev–Trinajstić information content (AvgIpc) is 3.37. The van der Waals surface area contributed by atoms with Crippen LogP contribution in [-0.2, 0) is 6.54 Å². The predicted molar refractivity (Wildman–Crippen MR) is 128 cm³/mol. The Labute approximate surface area is 200 Å². The maximum atomic E-state index is 13.1. The van der Waals surface area contributed by atoms with Gasteiger partial charge in [-0.2, -0.15) is 17.5 Å². The third-order valence-corrected chi connectivity index (χ3v) is 6.15. The summed E-state index contributed by atoms with van der Waals surface area (Å²) in [6.07, 6.45) is 2.06. The maximum absolute atomic E-state index is 13.1. The van der Waals surface area contributed by atoms with Gasteiger partial charge < -0.3 is 15.7 Å². The molecule has 12 heteroatoms. The summed E-state index contributed by atoms with van der Waals surface area (Å²) in [5, 5.41) is 16.5. The van der Waals surface area contributed by atoms with E-state index in [1.807, 2.05) is 30.8 Å². The van der Waals surface area contributed by atoms with Crippen LogP contribution in [0, 0.1) is 6.92 Å². The van der Waals surface area contributed by atoms with Gasteiger partial charge in [-0.3, -0.25) is 9.30 Å². The molecule has 3 aromatic rings. The summed E-state index contributed by atoms with van der Waals surface area (Å²) in [6.45, 7) is 5.48. The number of alkyl halides is 3. The Morgan fingerprint density at radius 2 is 2.06 bits per heavy atom. The molecule has 0 amide bonds. The van der Waals surface area contributed by atoms with E-state index in [-0.39, 0.29) is 6.54 Å². The Morgan fingerprint density at radius 1 is 1.32 bits per heavy atom. The van der Waals surface area contributed by atoms with Crippen LogP contribution in [0.25, 0.3) is 11.2 Å². The number of aliphatic hydroxyl groups excluding tert-OH is 1. The van der Waals surface area contributed by atoms with E-state index in [1.165, 1.54) is 4.90 Å². The minimum Gasteiger partial charge on any atom is -0.394 e. The number of allylic oxidation sites excluding steroid dienone is 1. The number of fused-ring (bicyclic) bond motifs is 1. The number of nitrogens with one attached hydrogen (secondary N) is 2. The number of anilines is 2. The van der Waals surface area contributed by atoms with Gasteiger partial charge in [0.05, 0.1) is 36.4 Å². The predicted octanol–water partition coefficient (Wildman–Crippen LogP) is 4.34. The van der Waals surface area contributed by atoms with E-state index in [1.54, 1.807) is 26.1 Å². The summed E-state index contributed by atoms with van der Waals surface area (Å²) in [6, 6.07) is 1.70. The molecule has 0 atom stereocenters. The van der Waals surface area contributed by atoms with Crippen molar-refractivity contribution in [3.05, 3.63) is 41.7 Å². The minimum absolute atomic E-state index is 0.0515. The van der Waals surface area contributed by atoms with E-state index in [9.17, 15) is 18.3 Å². The van der Waals surface area contributed by atoms with Crippen LogP contribution in [0.2, 0.25) is 0 Å². The minimum atomic E-state index is -4.39. The van der Waals surface area contributed by atoms with E-state index in [2.05, 4.69) is 31.9 Å². The van der Waals surface area contributed by atoms with E-state index in [0.717, 1.165) is 34.9 Å². The summed E-state index contributed by atoms with van der Waals surface area (Å²) < 4.78 is 45.6. The van der Waals surface area contributed by atoms with E-state index in [4.69, 9.17) is 0 Å². The summed E-state index contributed by atoms with van der Waals surface area (Å²) in [5.74, 6) is 0.532. The molecule has 3 heterocycles. The van der Waals surface area contributed by atoms with E-state index < -0.39 is 24.9 Å². The zero-order valence-corrected chi connectivity index (χ0v) is 20.7. The number of halogens is 3. The highest BCUT2D eigenvalue weighted by Crippen LogP contribution is 2.29. The first-order chi connectivity index (χ1) is 16.0. The molecule has 0 bridgehead atoms. The first kappa shape index (κ1) is 25.9. The molecule has 3 N–H and O–H groups in total. The monoisotopic (exact) mass is 497 g/mol. The number of aryl methyl sites for hydroxylation is 1. The molecule has 0 saturated heterocycles. The fraction of sp³-hybridized carbons (Fsp3) is 0.500. The van der Waals surface area contributed by atoms with Crippen molar-refractivity contribution in [1.82, 2.24) is 29.0 Å². The lowest BCUT2D eigenvalue weighted by Gasteiger charge is -2.37. The van der Waals surface area contributed by atoms with E-state index >= 15 is 0 Å². The molecule has 0 aromatic carbocycles. The van der Waals surface area contributed by atoms with Crippen molar-refractivity contribution >= 4 is 33.6 Å². The molecule has 0 saturated carbocycles. The van der Waals surface area contributed by atoms with Crippen molar-refractivity contribution in [2.45, 2.75) is 52.4 Å². The van der Waals surface area contributed by atoms with Gasteiger partial charge >= 0.3 is 6.18 Å². The maximum Gasteiger partial charge on any atom is 0.401 e. The Bertz CT molecular complexity index is 1150. The lowest BCUT2D eigenvalue weighted by atomic mass is 10.0. The van der Waals surface area contributed by atoms with Crippen LogP contribution in [0.5, 0.6) is 0 Å². The van der Waals surface area contributed by atoms with Crippen molar-refractivity contribution in [3.8, 4) is 0 Å². The van der Waals surface area contributed by atoms with E-state index in [0.29, 0.717) is 22.2 Å². The van der Waals surface area contributed by atoms with Crippen LogP contribution in [0.1, 0.15) is 44.3 Å². The largest absolute Gasteiger partial charge is 0.401 e. The molecule has 8 nitrogen and oxygen atoms in total. The number of imidazole rings is 1. The lowest BCUT2D eigenvalue weighted by Crippen LogP contribution is -2.50. The molecule has 0 fully saturated rings. The Kier molecular flexibility index (Phi) is 7.84. The SMILES string of the molecule is CC/C(=C\NC)c1cnc2c(Nc3cc(CN(CC(F)(F)F)C(C)(C)CO)ns3)nc(C)cn12. The number of hydrogen-bond acceptors (Lipinski definition) is 8. The normalized spacial score (nSPS) is 13.2. The van der Waals surface area contributed by atoms with Crippen molar-refractivity contribution in [2.75, 3.05) is 25.5 Å². The lowest BCUT2D eigenvalue weighted by molar-refractivity contribution is -0.162. The first-order valence-electron chi connectivity index (χ1n) is 10.8. The zero-order chi connectivity index (χ0) is 25.1. The van der Waals surface area contributed by atoms with Crippen LogP contribution in [0.3, 0.4) is 0 Å². The van der Waals surface area contributed by atoms with Gasteiger partial charge in [0, 0.05) is 31.5 Å². The molecule has 0 spiro atoms. The van der Waals surface area contributed by atoms with Crippen LogP contribution in [0.15, 0.2) is 24.7 Å².